The average Bonchev–Trinajstić information content (AvgIpc) is 2.96. The van der Waals surface area contributed by atoms with Gasteiger partial charge in [0.15, 0.2) is 0 Å². The molecule has 3 heterocycles. The fourth-order valence-corrected chi connectivity index (χ4v) is 2.69. The predicted octanol–water partition coefficient (Wildman–Crippen LogP) is -0.0648. The fourth-order valence-electron chi connectivity index (χ4n) is 2.69. The van der Waals surface area contributed by atoms with Crippen molar-refractivity contribution in [2.75, 3.05) is 26.8 Å². The minimum atomic E-state index is -0.306. The molecule has 1 unspecified atom stereocenters. The van der Waals surface area contributed by atoms with Crippen LogP contribution < -0.4 is 10.7 Å². The minimum absolute atomic E-state index is 0.193. The van der Waals surface area contributed by atoms with Gasteiger partial charge in [-0.2, -0.15) is 0 Å². The topological polar surface area (TPSA) is 73.9 Å². The summed E-state index contributed by atoms with van der Waals surface area (Å²) in [4.78, 5) is 26.8. The van der Waals surface area contributed by atoms with Gasteiger partial charge >= 0.3 is 0 Å². The van der Waals surface area contributed by atoms with Crippen LogP contribution in [0.5, 0.6) is 0 Å². The monoisotopic (exact) mass is 307 g/mol. The molecule has 2 amide bonds. The average molecular weight is 307 g/mol. The second-order valence-corrected chi connectivity index (χ2v) is 6.79. The number of carbonyl (C=O) groups excluding carboxylic acids is 2. The van der Waals surface area contributed by atoms with Crippen molar-refractivity contribution in [3.05, 3.63) is 23.2 Å². The molecule has 7 heteroatoms. The van der Waals surface area contributed by atoms with Crippen LogP contribution in [0.1, 0.15) is 20.8 Å². The Balaban J connectivity index is 1.86. The first-order valence-electron chi connectivity index (χ1n) is 7.83. The second-order valence-electron chi connectivity index (χ2n) is 6.79. The van der Waals surface area contributed by atoms with Crippen LogP contribution in [0.4, 0.5) is 0 Å². The van der Waals surface area contributed by atoms with Crippen molar-refractivity contribution in [1.29, 1.82) is 0 Å². The third-order valence-corrected chi connectivity index (χ3v) is 4.09. The molecule has 0 spiro atoms. The summed E-state index contributed by atoms with van der Waals surface area (Å²) in [5.41, 5.74) is 1.73. The van der Waals surface area contributed by atoms with Crippen LogP contribution in [0.15, 0.2) is 23.2 Å². The van der Waals surface area contributed by atoms with E-state index in [0.717, 1.165) is 0 Å². The number of amides is 2. The molecule has 3 aliphatic rings. The second kappa shape index (κ2) is 5.10. The summed E-state index contributed by atoms with van der Waals surface area (Å²) in [6, 6.07) is -0.242. The SMILES string of the molecule is [2H]N1C(C(C)(C)C)C=C2NC3=C(CN(CCOC)C3=O)C(=O)N21. The summed E-state index contributed by atoms with van der Waals surface area (Å²) >= 11 is 0. The van der Waals surface area contributed by atoms with E-state index in [1.54, 1.807) is 12.0 Å². The molecule has 0 bridgehead atoms. The standard InChI is InChI=1S/C15H22N4O3/c1-15(2,3)10-7-11-16-12-9(13(20)19(11)17-10)8-18(14(12)21)5-6-22-4/h7,10,16-17H,5-6,8H2,1-4H3/i/hD. The Labute approximate surface area is 131 Å². The van der Waals surface area contributed by atoms with E-state index in [0.29, 0.717) is 30.2 Å². The summed E-state index contributed by atoms with van der Waals surface area (Å²) in [6.45, 7) is 7.14. The zero-order valence-corrected chi connectivity index (χ0v) is 13.3. The lowest BCUT2D eigenvalue weighted by Gasteiger charge is -2.30. The van der Waals surface area contributed by atoms with E-state index in [4.69, 9.17) is 6.15 Å². The number of methoxy groups -OCH3 is 1. The van der Waals surface area contributed by atoms with Crippen LogP contribution in [0.2, 0.25) is 1.41 Å². The van der Waals surface area contributed by atoms with Gasteiger partial charge < -0.3 is 15.0 Å². The molecule has 0 saturated carbocycles. The molecule has 3 rings (SSSR count). The lowest BCUT2D eigenvalue weighted by atomic mass is 9.87. The quantitative estimate of drug-likeness (QED) is 0.764. The zero-order chi connectivity index (χ0) is 16.9. The lowest BCUT2D eigenvalue weighted by molar-refractivity contribution is -0.129. The summed E-state index contributed by atoms with van der Waals surface area (Å²) in [5.74, 6) is -0.00711. The maximum Gasteiger partial charge on any atom is 0.274 e. The van der Waals surface area contributed by atoms with Crippen molar-refractivity contribution >= 4 is 11.8 Å². The van der Waals surface area contributed by atoms with Crippen LogP contribution in [0.25, 0.3) is 0 Å². The molecule has 0 aromatic carbocycles. The Morgan fingerprint density at radius 2 is 2.14 bits per heavy atom. The van der Waals surface area contributed by atoms with Crippen molar-refractivity contribution < 1.29 is 15.7 Å². The molecule has 3 aliphatic heterocycles. The van der Waals surface area contributed by atoms with Gasteiger partial charge in [0, 0.05) is 13.7 Å². The molecular weight excluding hydrogens is 284 g/mol. The highest BCUT2D eigenvalue weighted by atomic mass is 16.5. The molecule has 2 N–H and O–H groups in total. The first kappa shape index (κ1) is 13.8. The normalized spacial score (nSPS) is 26.1. The zero-order valence-electron chi connectivity index (χ0n) is 14.3. The molecule has 0 saturated heterocycles. The summed E-state index contributed by atoms with van der Waals surface area (Å²) < 4.78 is 13.3. The third-order valence-electron chi connectivity index (χ3n) is 4.09. The van der Waals surface area contributed by atoms with Crippen molar-refractivity contribution in [2.45, 2.75) is 26.8 Å². The van der Waals surface area contributed by atoms with E-state index < -0.39 is 0 Å². The Hall–Kier alpha value is -1.86. The van der Waals surface area contributed by atoms with Crippen molar-refractivity contribution in [2.24, 2.45) is 5.41 Å². The van der Waals surface area contributed by atoms with Crippen molar-refractivity contribution in [3.8, 4) is 0 Å². The first-order chi connectivity index (χ1) is 10.8. The van der Waals surface area contributed by atoms with E-state index >= 15 is 0 Å². The van der Waals surface area contributed by atoms with Crippen LogP contribution in [-0.2, 0) is 14.3 Å². The molecule has 22 heavy (non-hydrogen) atoms. The van der Waals surface area contributed by atoms with Crippen LogP contribution in [0, 0.1) is 5.41 Å². The van der Waals surface area contributed by atoms with Crippen molar-refractivity contribution in [1.82, 2.24) is 20.6 Å². The summed E-state index contributed by atoms with van der Waals surface area (Å²) in [5, 5.41) is 4.36. The van der Waals surface area contributed by atoms with Gasteiger partial charge in [-0.05, 0) is 11.5 Å². The number of fused-ring (bicyclic) bond motifs is 1. The molecule has 0 aromatic heterocycles. The maximum absolute atomic E-state index is 12.8. The highest BCUT2D eigenvalue weighted by Crippen LogP contribution is 2.31. The molecule has 0 aliphatic carbocycles. The Kier molecular flexibility index (Phi) is 3.19. The first-order valence-corrected chi connectivity index (χ1v) is 7.38. The number of carbonyl (C=O) groups is 2. The number of hydrogen-bond acceptors (Lipinski definition) is 5. The van der Waals surface area contributed by atoms with Gasteiger partial charge in [0.25, 0.3) is 11.8 Å². The van der Waals surface area contributed by atoms with Gasteiger partial charge in [-0.25, -0.2) is 10.4 Å². The van der Waals surface area contributed by atoms with Crippen LogP contribution in [0.3, 0.4) is 0 Å². The lowest BCUT2D eigenvalue weighted by Crippen LogP contribution is -2.50. The van der Waals surface area contributed by atoms with E-state index in [1.165, 1.54) is 10.4 Å². The molecule has 120 valence electrons. The summed E-state index contributed by atoms with van der Waals surface area (Å²) in [6.07, 6.45) is 1.83. The Bertz CT molecular complexity index is 623. The van der Waals surface area contributed by atoms with Crippen LogP contribution in [-0.4, -0.2) is 54.6 Å². The highest BCUT2D eigenvalue weighted by Gasteiger charge is 2.44. The van der Waals surface area contributed by atoms with E-state index in [2.05, 4.69) is 5.32 Å². The van der Waals surface area contributed by atoms with Gasteiger partial charge in [0.2, 0.25) is 0 Å². The third kappa shape index (κ3) is 2.30. The fraction of sp³-hybridized carbons (Fsp3) is 0.600. The smallest absolute Gasteiger partial charge is 0.274 e. The molecule has 1 atom stereocenters. The van der Waals surface area contributed by atoms with E-state index in [-0.39, 0.29) is 29.8 Å². The van der Waals surface area contributed by atoms with Gasteiger partial charge in [-0.15, -0.1) is 0 Å². The van der Waals surface area contributed by atoms with Gasteiger partial charge in [0.05, 0.1) is 24.8 Å². The number of hydrazine groups is 1. The Morgan fingerprint density at radius 1 is 1.41 bits per heavy atom. The molecule has 0 fully saturated rings. The van der Waals surface area contributed by atoms with Gasteiger partial charge in [0.1, 0.15) is 12.9 Å². The Morgan fingerprint density at radius 3 is 2.77 bits per heavy atom. The van der Waals surface area contributed by atoms with E-state index in [9.17, 15) is 9.59 Å². The van der Waals surface area contributed by atoms with Crippen molar-refractivity contribution in [3.63, 3.8) is 0 Å². The summed E-state index contributed by atoms with van der Waals surface area (Å²) in [7, 11) is 1.57. The molecular formula is C15H22N4O3. The predicted molar refractivity (Wildman–Crippen MR) is 79.9 cm³/mol. The number of rotatable bonds is 3. The maximum atomic E-state index is 12.8. The number of nitrogens with one attached hydrogen (secondary N) is 2. The van der Waals surface area contributed by atoms with E-state index in [1.807, 2.05) is 26.8 Å². The number of hydrogen-bond donors (Lipinski definition) is 2. The number of nitrogens with zero attached hydrogens (tertiary/aromatic N) is 2. The van der Waals surface area contributed by atoms with Gasteiger partial charge in [-0.1, -0.05) is 20.8 Å². The highest BCUT2D eigenvalue weighted by molar-refractivity contribution is 6.10. The molecule has 7 nitrogen and oxygen atoms in total. The molecule has 0 aromatic rings. The molecule has 0 radical (unpaired) electrons. The van der Waals surface area contributed by atoms with Gasteiger partial charge in [-0.3, -0.25) is 9.59 Å². The van der Waals surface area contributed by atoms with Crippen LogP contribution >= 0.6 is 0 Å². The largest absolute Gasteiger partial charge is 0.383 e. The minimum Gasteiger partial charge on any atom is -0.383 e. The number of ether oxygens (including phenoxy) is 1.